The lowest BCUT2D eigenvalue weighted by molar-refractivity contribution is -0.156. The molecule has 0 radical (unpaired) electrons. The van der Waals surface area contributed by atoms with E-state index in [0.717, 1.165) is 32.1 Å². The molecule has 112 valence electrons. The van der Waals surface area contributed by atoms with E-state index in [1.54, 1.807) is 0 Å². The number of alkyl halides is 2. The minimum Gasteiger partial charge on any atom is -0.480 e. The largest absolute Gasteiger partial charge is 0.480 e. The van der Waals surface area contributed by atoms with Gasteiger partial charge in [0.15, 0.2) is 0 Å². The Kier molecular flexibility index (Phi) is 3.48. The zero-order chi connectivity index (χ0) is 14.7. The fourth-order valence-electron chi connectivity index (χ4n) is 5.52. The van der Waals surface area contributed by atoms with Crippen LogP contribution in [0.25, 0.3) is 0 Å². The molecular weight excluding hydrogens is 392 g/mol. The molecule has 2 N–H and O–H groups in total. The van der Waals surface area contributed by atoms with E-state index in [1.165, 1.54) is 0 Å². The van der Waals surface area contributed by atoms with Crippen molar-refractivity contribution in [1.29, 1.82) is 0 Å². The fraction of sp³-hybridized carbons (Fsp3) is 0.857. The second-order valence-corrected chi connectivity index (χ2v) is 8.92. The van der Waals surface area contributed by atoms with E-state index in [0.29, 0.717) is 18.3 Å². The first-order valence-electron chi connectivity index (χ1n) is 7.02. The van der Waals surface area contributed by atoms with E-state index in [-0.39, 0.29) is 10.8 Å². The highest BCUT2D eigenvalue weighted by Gasteiger charge is 2.63. The van der Waals surface area contributed by atoms with Crippen LogP contribution >= 0.6 is 31.9 Å². The summed E-state index contributed by atoms with van der Waals surface area (Å²) in [6.07, 6.45) is 5.54. The van der Waals surface area contributed by atoms with Crippen LogP contribution in [0.2, 0.25) is 0 Å². The molecule has 0 aromatic heterocycles. The highest BCUT2D eigenvalue weighted by atomic mass is 79.9. The molecule has 4 nitrogen and oxygen atoms in total. The van der Waals surface area contributed by atoms with Crippen molar-refractivity contribution in [2.45, 2.75) is 48.2 Å². The fourth-order valence-corrected chi connectivity index (χ4v) is 6.59. The zero-order valence-corrected chi connectivity index (χ0v) is 14.2. The van der Waals surface area contributed by atoms with Crippen LogP contribution in [0, 0.1) is 22.7 Å². The Hall–Kier alpha value is -0.100. The first kappa shape index (κ1) is 14.8. The highest BCUT2D eigenvalue weighted by Crippen LogP contribution is 2.68. The predicted molar refractivity (Wildman–Crippen MR) is 80.2 cm³/mol. The average Bonchev–Trinajstić information content (AvgIpc) is 2.35. The Bertz CT molecular complexity index is 412. The Labute approximate surface area is 134 Å². The van der Waals surface area contributed by atoms with E-state index >= 15 is 0 Å². The molecule has 4 bridgehead atoms. The molecular formula is C14H18Br2O4. The maximum absolute atomic E-state index is 11.4. The summed E-state index contributed by atoms with van der Waals surface area (Å²) in [6, 6.07) is 0. The molecule has 2 unspecified atom stereocenters. The van der Waals surface area contributed by atoms with Gasteiger partial charge in [-0.1, -0.05) is 31.9 Å². The third-order valence-corrected chi connectivity index (χ3v) is 8.39. The highest BCUT2D eigenvalue weighted by molar-refractivity contribution is 9.10. The number of carbonyl (C=O) groups is 2. The number of hydrogen-bond acceptors (Lipinski definition) is 2. The van der Waals surface area contributed by atoms with Gasteiger partial charge >= 0.3 is 11.9 Å². The van der Waals surface area contributed by atoms with E-state index < -0.39 is 21.6 Å². The van der Waals surface area contributed by atoms with Gasteiger partial charge in [0.2, 0.25) is 0 Å². The van der Waals surface area contributed by atoms with Gasteiger partial charge in [0, 0.05) is 0 Å². The van der Waals surface area contributed by atoms with Gasteiger partial charge in [0.05, 0.1) is 0 Å². The van der Waals surface area contributed by atoms with Crippen LogP contribution in [0.4, 0.5) is 0 Å². The molecule has 20 heavy (non-hydrogen) atoms. The normalized spacial score (nSPS) is 45.1. The van der Waals surface area contributed by atoms with Crippen LogP contribution in [-0.2, 0) is 9.59 Å². The summed E-state index contributed by atoms with van der Waals surface area (Å²) in [6.45, 7) is 0. The van der Waals surface area contributed by atoms with Crippen LogP contribution in [0.5, 0.6) is 0 Å². The molecule has 4 atom stereocenters. The van der Waals surface area contributed by atoms with E-state index in [2.05, 4.69) is 31.9 Å². The number of halogens is 2. The Morgan fingerprint density at radius 1 is 0.900 bits per heavy atom. The molecule has 0 saturated heterocycles. The second-order valence-electron chi connectivity index (χ2n) is 7.09. The van der Waals surface area contributed by atoms with E-state index in [1.807, 2.05) is 0 Å². The Morgan fingerprint density at radius 2 is 1.25 bits per heavy atom. The van der Waals surface area contributed by atoms with Crippen molar-refractivity contribution in [3.63, 3.8) is 0 Å². The molecule has 0 amide bonds. The zero-order valence-electron chi connectivity index (χ0n) is 11.0. The lowest BCUT2D eigenvalue weighted by Crippen LogP contribution is -2.59. The van der Waals surface area contributed by atoms with Crippen LogP contribution in [0.15, 0.2) is 0 Å². The van der Waals surface area contributed by atoms with Crippen molar-refractivity contribution in [2.24, 2.45) is 22.7 Å². The van der Waals surface area contributed by atoms with Gasteiger partial charge in [0.25, 0.3) is 0 Å². The van der Waals surface area contributed by atoms with Gasteiger partial charge in [-0.3, -0.25) is 9.59 Å². The summed E-state index contributed by atoms with van der Waals surface area (Å²) in [4.78, 5) is 21.8. The van der Waals surface area contributed by atoms with Gasteiger partial charge in [-0.2, -0.15) is 0 Å². The number of carboxylic acids is 2. The third kappa shape index (κ3) is 2.05. The molecule has 6 heteroatoms. The monoisotopic (exact) mass is 408 g/mol. The smallest absolute Gasteiger partial charge is 0.317 e. The molecule has 4 aliphatic carbocycles. The quantitative estimate of drug-likeness (QED) is 0.698. The SMILES string of the molecule is O=C(O)[C@@H](Br)C12CC3CC(C1)CC([C@@H](Br)C(=O)O)(C3)C2. The molecule has 0 aliphatic heterocycles. The van der Waals surface area contributed by atoms with E-state index in [4.69, 9.17) is 0 Å². The van der Waals surface area contributed by atoms with Crippen LogP contribution in [0.3, 0.4) is 0 Å². The summed E-state index contributed by atoms with van der Waals surface area (Å²) in [5.41, 5.74) is -0.533. The Morgan fingerprint density at radius 3 is 1.55 bits per heavy atom. The maximum Gasteiger partial charge on any atom is 0.317 e. The summed E-state index contributed by atoms with van der Waals surface area (Å²) < 4.78 is 0. The molecule has 4 fully saturated rings. The maximum atomic E-state index is 11.4. The van der Waals surface area contributed by atoms with Gasteiger partial charge < -0.3 is 10.2 Å². The predicted octanol–water partition coefficient (Wildman–Crippen LogP) is 3.27. The number of rotatable bonds is 4. The summed E-state index contributed by atoms with van der Waals surface area (Å²) in [5.74, 6) is -0.669. The number of aliphatic carboxylic acids is 2. The van der Waals surface area contributed by atoms with Crippen molar-refractivity contribution in [3.8, 4) is 0 Å². The minimum absolute atomic E-state index is 0.266. The van der Waals surface area contributed by atoms with Crippen LogP contribution < -0.4 is 0 Å². The van der Waals surface area contributed by atoms with Crippen LogP contribution in [0.1, 0.15) is 38.5 Å². The van der Waals surface area contributed by atoms with Crippen molar-refractivity contribution in [2.75, 3.05) is 0 Å². The average molecular weight is 410 g/mol. The standard InChI is InChI=1S/C14H18Br2O4/c15-9(11(17)18)13-2-7-1-8(4-13)5-14(3-7,6-13)10(16)12(19)20/h7-10H,1-6H2,(H,17,18)(H,19,20)/t7?,8?,9-,10+,13?,14?. The van der Waals surface area contributed by atoms with Gasteiger partial charge in [-0.05, 0) is 61.2 Å². The summed E-state index contributed by atoms with van der Waals surface area (Å²) in [5, 5.41) is 18.8. The Balaban J connectivity index is 1.97. The van der Waals surface area contributed by atoms with E-state index in [9.17, 15) is 19.8 Å². The van der Waals surface area contributed by atoms with Crippen molar-refractivity contribution < 1.29 is 19.8 Å². The summed E-state index contributed by atoms with van der Waals surface area (Å²) >= 11 is 6.76. The third-order valence-electron chi connectivity index (χ3n) is 5.66. The van der Waals surface area contributed by atoms with Gasteiger partial charge in [-0.15, -0.1) is 0 Å². The lowest BCUT2D eigenvalue weighted by Gasteiger charge is -2.63. The van der Waals surface area contributed by atoms with Gasteiger partial charge in [-0.25, -0.2) is 0 Å². The second kappa shape index (κ2) is 4.70. The first-order valence-corrected chi connectivity index (χ1v) is 8.85. The lowest BCUT2D eigenvalue weighted by atomic mass is 9.43. The number of hydrogen-bond donors (Lipinski definition) is 2. The molecule has 0 aromatic rings. The summed E-state index contributed by atoms with van der Waals surface area (Å²) in [7, 11) is 0. The first-order chi connectivity index (χ1) is 9.28. The van der Waals surface area contributed by atoms with Gasteiger partial charge in [0.1, 0.15) is 9.65 Å². The number of carboxylic acid groups (broad SMARTS) is 2. The molecule has 4 rings (SSSR count). The molecule has 4 saturated carbocycles. The van der Waals surface area contributed by atoms with Crippen LogP contribution in [-0.4, -0.2) is 31.8 Å². The molecule has 0 spiro atoms. The molecule has 0 aromatic carbocycles. The molecule has 4 aliphatic rings. The minimum atomic E-state index is -0.816. The molecule has 0 heterocycles. The van der Waals surface area contributed by atoms with Crippen molar-refractivity contribution in [1.82, 2.24) is 0 Å². The van der Waals surface area contributed by atoms with Crippen molar-refractivity contribution in [3.05, 3.63) is 0 Å². The van der Waals surface area contributed by atoms with Crippen molar-refractivity contribution >= 4 is 43.8 Å². The topological polar surface area (TPSA) is 74.6 Å².